The minimum Gasteiger partial charge on any atom is -0.372 e. The Kier molecular flexibility index (Phi) is 2.99. The van der Waals surface area contributed by atoms with Gasteiger partial charge in [-0.2, -0.15) is 0 Å². The Labute approximate surface area is 93.1 Å². The zero-order valence-electron chi connectivity index (χ0n) is 10.1. The minimum absolute atomic E-state index is 0.861. The van der Waals surface area contributed by atoms with Crippen LogP contribution in [0.15, 0.2) is 18.2 Å². The fraction of sp³-hybridized carbons (Fsp3) is 0.571. The first-order valence-electron chi connectivity index (χ1n) is 6.11. The fourth-order valence-corrected chi connectivity index (χ4v) is 2.20. The van der Waals surface area contributed by atoms with E-state index in [-0.39, 0.29) is 0 Å². The van der Waals surface area contributed by atoms with Crippen LogP contribution in [0.1, 0.15) is 43.7 Å². The molecule has 0 bridgehead atoms. The molecule has 1 aromatic carbocycles. The summed E-state index contributed by atoms with van der Waals surface area (Å²) in [5.41, 5.74) is 4.38. The van der Waals surface area contributed by atoms with Crippen LogP contribution >= 0.6 is 0 Å². The summed E-state index contributed by atoms with van der Waals surface area (Å²) in [5, 5.41) is 0. The van der Waals surface area contributed by atoms with Gasteiger partial charge in [-0.3, -0.25) is 0 Å². The molecule has 0 atom stereocenters. The summed E-state index contributed by atoms with van der Waals surface area (Å²) in [7, 11) is 0. The highest BCUT2D eigenvalue weighted by Gasteiger charge is 2.24. The predicted molar refractivity (Wildman–Crippen MR) is 66.7 cm³/mol. The number of rotatable bonds is 4. The molecule has 0 aliphatic heterocycles. The third-order valence-corrected chi connectivity index (χ3v) is 3.39. The molecule has 1 aliphatic carbocycles. The van der Waals surface area contributed by atoms with E-state index in [1.54, 1.807) is 5.56 Å². The van der Waals surface area contributed by atoms with Crippen LogP contribution in [0.2, 0.25) is 0 Å². The van der Waals surface area contributed by atoms with Crippen molar-refractivity contribution in [1.82, 2.24) is 0 Å². The van der Waals surface area contributed by atoms with Crippen molar-refractivity contribution >= 4 is 5.69 Å². The first-order chi connectivity index (χ1) is 7.26. The molecule has 1 fully saturated rings. The molecule has 1 nitrogen and oxygen atoms in total. The van der Waals surface area contributed by atoms with Crippen LogP contribution in [0.3, 0.4) is 0 Å². The second-order valence-electron chi connectivity index (χ2n) is 4.49. The van der Waals surface area contributed by atoms with Gasteiger partial charge in [0.05, 0.1) is 0 Å². The molecular weight excluding hydrogens is 182 g/mol. The fourth-order valence-electron chi connectivity index (χ4n) is 2.20. The Morgan fingerprint density at radius 2 is 1.87 bits per heavy atom. The summed E-state index contributed by atoms with van der Waals surface area (Å²) in [6.45, 7) is 8.88. The number of aryl methyl sites for hydroxylation is 1. The molecule has 2 rings (SSSR count). The SMILES string of the molecule is CCN(CC)c1cc(C2CC2)ccc1C. The first-order valence-corrected chi connectivity index (χ1v) is 6.11. The van der Waals surface area contributed by atoms with Crippen LogP contribution in [-0.2, 0) is 0 Å². The van der Waals surface area contributed by atoms with Gasteiger partial charge in [0.2, 0.25) is 0 Å². The largest absolute Gasteiger partial charge is 0.372 e. The Morgan fingerprint density at radius 1 is 1.20 bits per heavy atom. The van der Waals surface area contributed by atoms with Crippen molar-refractivity contribution in [2.45, 2.75) is 39.5 Å². The van der Waals surface area contributed by atoms with Crippen molar-refractivity contribution in [3.05, 3.63) is 29.3 Å². The van der Waals surface area contributed by atoms with Crippen molar-refractivity contribution < 1.29 is 0 Å². The van der Waals surface area contributed by atoms with Gasteiger partial charge in [0, 0.05) is 18.8 Å². The lowest BCUT2D eigenvalue weighted by atomic mass is 10.1. The molecule has 82 valence electrons. The number of nitrogens with zero attached hydrogens (tertiary/aromatic N) is 1. The second-order valence-corrected chi connectivity index (χ2v) is 4.49. The van der Waals surface area contributed by atoms with Crippen LogP contribution in [-0.4, -0.2) is 13.1 Å². The minimum atomic E-state index is 0.861. The third-order valence-electron chi connectivity index (χ3n) is 3.39. The number of hydrogen-bond donors (Lipinski definition) is 0. The maximum Gasteiger partial charge on any atom is 0.0398 e. The van der Waals surface area contributed by atoms with E-state index in [2.05, 4.69) is 43.9 Å². The molecule has 0 amide bonds. The highest BCUT2D eigenvalue weighted by molar-refractivity contribution is 5.55. The van der Waals surface area contributed by atoms with Crippen molar-refractivity contribution in [3.63, 3.8) is 0 Å². The average molecular weight is 203 g/mol. The maximum absolute atomic E-state index is 2.45. The molecular formula is C14H21N. The van der Waals surface area contributed by atoms with Crippen molar-refractivity contribution in [2.75, 3.05) is 18.0 Å². The molecule has 1 aromatic rings. The van der Waals surface area contributed by atoms with E-state index in [0.717, 1.165) is 19.0 Å². The van der Waals surface area contributed by atoms with Crippen molar-refractivity contribution in [2.24, 2.45) is 0 Å². The van der Waals surface area contributed by atoms with E-state index >= 15 is 0 Å². The average Bonchev–Trinajstić information content (AvgIpc) is 3.06. The highest BCUT2D eigenvalue weighted by atomic mass is 15.1. The molecule has 15 heavy (non-hydrogen) atoms. The van der Waals surface area contributed by atoms with Gasteiger partial charge in [-0.25, -0.2) is 0 Å². The number of benzene rings is 1. The molecule has 0 radical (unpaired) electrons. The van der Waals surface area contributed by atoms with Gasteiger partial charge >= 0.3 is 0 Å². The van der Waals surface area contributed by atoms with Crippen molar-refractivity contribution in [1.29, 1.82) is 0 Å². The molecule has 0 heterocycles. The summed E-state index contributed by atoms with van der Waals surface area (Å²) in [6.07, 6.45) is 2.78. The predicted octanol–water partition coefficient (Wildman–Crippen LogP) is 3.72. The second kappa shape index (κ2) is 4.26. The zero-order chi connectivity index (χ0) is 10.8. The standard InChI is InChI=1S/C14H21N/c1-4-15(5-2)14-10-13(12-8-9-12)7-6-11(14)3/h6-7,10,12H,4-5,8-9H2,1-3H3. The normalized spacial score (nSPS) is 15.4. The molecule has 1 aliphatic rings. The van der Waals surface area contributed by atoms with E-state index < -0.39 is 0 Å². The van der Waals surface area contributed by atoms with Crippen LogP contribution in [0, 0.1) is 6.92 Å². The lowest BCUT2D eigenvalue weighted by Gasteiger charge is -2.23. The summed E-state index contributed by atoms with van der Waals surface area (Å²) >= 11 is 0. The van der Waals surface area contributed by atoms with Crippen LogP contribution < -0.4 is 4.90 Å². The summed E-state index contributed by atoms with van der Waals surface area (Å²) in [6, 6.07) is 6.99. The smallest absolute Gasteiger partial charge is 0.0398 e. The molecule has 1 heteroatoms. The molecule has 0 spiro atoms. The monoisotopic (exact) mass is 203 g/mol. The molecule has 0 N–H and O–H groups in total. The van der Waals surface area contributed by atoms with Gasteiger partial charge < -0.3 is 4.90 Å². The van der Waals surface area contributed by atoms with Crippen LogP contribution in [0.4, 0.5) is 5.69 Å². The number of hydrogen-bond acceptors (Lipinski definition) is 1. The van der Waals surface area contributed by atoms with Gasteiger partial charge in [0.25, 0.3) is 0 Å². The van der Waals surface area contributed by atoms with E-state index in [4.69, 9.17) is 0 Å². The van der Waals surface area contributed by atoms with Crippen LogP contribution in [0.25, 0.3) is 0 Å². The molecule has 1 saturated carbocycles. The topological polar surface area (TPSA) is 3.24 Å². The maximum atomic E-state index is 2.45. The van der Waals surface area contributed by atoms with Crippen LogP contribution in [0.5, 0.6) is 0 Å². The Bertz CT molecular complexity index is 335. The van der Waals surface area contributed by atoms with E-state index in [1.165, 1.54) is 24.1 Å². The van der Waals surface area contributed by atoms with Gasteiger partial charge in [-0.1, -0.05) is 12.1 Å². The van der Waals surface area contributed by atoms with E-state index in [1.807, 2.05) is 0 Å². The molecule has 0 unspecified atom stereocenters. The molecule has 0 saturated heterocycles. The van der Waals surface area contributed by atoms with E-state index in [0.29, 0.717) is 0 Å². The first kappa shape index (κ1) is 10.5. The third kappa shape index (κ3) is 2.17. The Hall–Kier alpha value is -0.980. The lowest BCUT2D eigenvalue weighted by Crippen LogP contribution is -2.22. The van der Waals surface area contributed by atoms with Gasteiger partial charge in [-0.05, 0) is 56.7 Å². The summed E-state index contributed by atoms with van der Waals surface area (Å²) < 4.78 is 0. The number of anilines is 1. The van der Waals surface area contributed by atoms with Gasteiger partial charge in [0.15, 0.2) is 0 Å². The Balaban J connectivity index is 2.30. The quantitative estimate of drug-likeness (QED) is 0.721. The Morgan fingerprint density at radius 3 is 2.40 bits per heavy atom. The van der Waals surface area contributed by atoms with E-state index in [9.17, 15) is 0 Å². The zero-order valence-corrected chi connectivity index (χ0v) is 10.1. The van der Waals surface area contributed by atoms with Crippen molar-refractivity contribution in [3.8, 4) is 0 Å². The summed E-state index contributed by atoms with van der Waals surface area (Å²) in [5.74, 6) is 0.861. The lowest BCUT2D eigenvalue weighted by molar-refractivity contribution is 0.859. The molecule has 0 aromatic heterocycles. The van der Waals surface area contributed by atoms with Gasteiger partial charge in [0.1, 0.15) is 0 Å². The van der Waals surface area contributed by atoms with Gasteiger partial charge in [-0.15, -0.1) is 0 Å². The summed E-state index contributed by atoms with van der Waals surface area (Å²) in [4.78, 5) is 2.45. The highest BCUT2D eigenvalue weighted by Crippen LogP contribution is 2.41.